The zero-order chi connectivity index (χ0) is 21.2. The number of nitrogens with zero attached hydrogens (tertiary/aromatic N) is 1. The fraction of sp³-hybridized carbons (Fsp3) is 0.381. The maximum absolute atomic E-state index is 13.1. The van der Waals surface area contributed by atoms with Gasteiger partial charge in [0.15, 0.2) is 0 Å². The number of hydrogen-bond acceptors (Lipinski definition) is 3. The molecular formula is C21H23BrClF3N2O2. The molecule has 164 valence electrons. The molecule has 1 aliphatic rings. The largest absolute Gasteiger partial charge is 0.497 e. The van der Waals surface area contributed by atoms with Crippen LogP contribution in [-0.4, -0.2) is 44.1 Å². The van der Waals surface area contributed by atoms with E-state index in [1.54, 1.807) is 19.1 Å². The van der Waals surface area contributed by atoms with Crippen LogP contribution in [0, 0.1) is 0 Å². The number of alkyl halides is 3. The van der Waals surface area contributed by atoms with Gasteiger partial charge in [-0.3, -0.25) is 4.79 Å². The Morgan fingerprint density at radius 2 is 1.87 bits per heavy atom. The second kappa shape index (κ2) is 10.0. The fourth-order valence-corrected chi connectivity index (χ4v) is 4.22. The number of rotatable bonds is 4. The van der Waals surface area contributed by atoms with Gasteiger partial charge in [-0.25, -0.2) is 0 Å². The Morgan fingerprint density at radius 1 is 1.20 bits per heavy atom. The summed E-state index contributed by atoms with van der Waals surface area (Å²) >= 11 is 3.09. The van der Waals surface area contributed by atoms with Gasteiger partial charge in [0.2, 0.25) is 0 Å². The van der Waals surface area contributed by atoms with E-state index >= 15 is 0 Å². The Labute approximate surface area is 188 Å². The topological polar surface area (TPSA) is 41.6 Å². The van der Waals surface area contributed by atoms with Gasteiger partial charge in [-0.1, -0.05) is 28.1 Å². The SMILES string of the molecule is COc1ccc(C2CNCCC2N(C)C(=O)c2cc(Br)cc(C(F)(F)F)c2)cc1.Cl. The first kappa shape index (κ1) is 24.5. The van der Waals surface area contributed by atoms with Crippen molar-refractivity contribution in [3.05, 3.63) is 63.6 Å². The zero-order valence-corrected chi connectivity index (χ0v) is 18.9. The second-order valence-electron chi connectivity index (χ2n) is 7.08. The van der Waals surface area contributed by atoms with Crippen LogP contribution in [0.3, 0.4) is 0 Å². The maximum Gasteiger partial charge on any atom is 0.416 e. The highest BCUT2D eigenvalue weighted by molar-refractivity contribution is 9.10. The first-order chi connectivity index (χ1) is 13.7. The summed E-state index contributed by atoms with van der Waals surface area (Å²) in [6, 6.07) is 10.8. The van der Waals surface area contributed by atoms with E-state index < -0.39 is 17.6 Å². The number of benzene rings is 2. The molecule has 0 spiro atoms. The molecule has 1 fully saturated rings. The molecule has 0 aromatic heterocycles. The highest BCUT2D eigenvalue weighted by atomic mass is 79.9. The van der Waals surface area contributed by atoms with Gasteiger partial charge in [0.25, 0.3) is 5.91 Å². The summed E-state index contributed by atoms with van der Waals surface area (Å²) in [6.07, 6.45) is -3.81. The maximum atomic E-state index is 13.1. The van der Waals surface area contributed by atoms with Crippen LogP contribution in [0.25, 0.3) is 0 Å². The van der Waals surface area contributed by atoms with E-state index in [4.69, 9.17) is 4.74 Å². The number of nitrogens with one attached hydrogen (secondary N) is 1. The van der Waals surface area contributed by atoms with Crippen molar-refractivity contribution >= 4 is 34.2 Å². The standard InChI is InChI=1S/C21H22BrF3N2O2.ClH/c1-27(20(28)14-9-15(21(23,24)25)11-16(22)10-14)19-7-8-26-12-18(19)13-3-5-17(29-2)6-4-13;/h3-6,9-11,18-19,26H,7-8,12H2,1-2H3;1H. The van der Waals surface area contributed by atoms with Crippen LogP contribution >= 0.6 is 28.3 Å². The van der Waals surface area contributed by atoms with E-state index in [2.05, 4.69) is 21.2 Å². The van der Waals surface area contributed by atoms with Crippen molar-refractivity contribution in [3.63, 3.8) is 0 Å². The van der Waals surface area contributed by atoms with Crippen LogP contribution in [0.4, 0.5) is 13.2 Å². The Balaban J connectivity index is 0.00000320. The third-order valence-electron chi connectivity index (χ3n) is 5.28. The lowest BCUT2D eigenvalue weighted by atomic mass is 9.85. The van der Waals surface area contributed by atoms with Gasteiger partial charge in [0.05, 0.1) is 12.7 Å². The van der Waals surface area contributed by atoms with E-state index in [1.807, 2.05) is 24.3 Å². The number of methoxy groups -OCH3 is 1. The van der Waals surface area contributed by atoms with E-state index in [-0.39, 0.29) is 34.4 Å². The van der Waals surface area contributed by atoms with E-state index in [1.165, 1.54) is 6.07 Å². The summed E-state index contributed by atoms with van der Waals surface area (Å²) in [5, 5.41) is 3.34. The minimum absolute atomic E-state index is 0. The van der Waals surface area contributed by atoms with Gasteiger partial charge >= 0.3 is 6.18 Å². The molecule has 1 amide bonds. The summed E-state index contributed by atoms with van der Waals surface area (Å²) in [7, 11) is 3.25. The van der Waals surface area contributed by atoms with Gasteiger partial charge in [0.1, 0.15) is 5.75 Å². The molecule has 9 heteroatoms. The molecule has 0 aliphatic carbocycles. The molecule has 2 aromatic rings. The molecule has 2 aromatic carbocycles. The average Bonchev–Trinajstić information content (AvgIpc) is 2.71. The normalized spacial score (nSPS) is 19.0. The summed E-state index contributed by atoms with van der Waals surface area (Å²) < 4.78 is 44.9. The summed E-state index contributed by atoms with van der Waals surface area (Å²) in [6.45, 7) is 1.42. The molecule has 1 saturated heterocycles. The quantitative estimate of drug-likeness (QED) is 0.625. The molecule has 30 heavy (non-hydrogen) atoms. The monoisotopic (exact) mass is 506 g/mol. The predicted molar refractivity (Wildman–Crippen MR) is 115 cm³/mol. The highest BCUT2D eigenvalue weighted by Crippen LogP contribution is 2.33. The lowest BCUT2D eigenvalue weighted by molar-refractivity contribution is -0.137. The smallest absolute Gasteiger partial charge is 0.416 e. The molecule has 1 heterocycles. The number of piperidine rings is 1. The molecule has 0 saturated carbocycles. The molecule has 2 atom stereocenters. The number of halogens is 5. The van der Waals surface area contributed by atoms with Gasteiger partial charge in [-0.05, 0) is 48.9 Å². The van der Waals surface area contributed by atoms with Gasteiger partial charge in [-0.2, -0.15) is 13.2 Å². The van der Waals surface area contributed by atoms with E-state index in [0.29, 0.717) is 13.0 Å². The van der Waals surface area contributed by atoms with E-state index in [0.717, 1.165) is 30.0 Å². The first-order valence-electron chi connectivity index (χ1n) is 9.20. The lowest BCUT2D eigenvalue weighted by Crippen LogP contribution is -2.49. The van der Waals surface area contributed by atoms with E-state index in [9.17, 15) is 18.0 Å². The minimum atomic E-state index is -4.52. The molecule has 1 N–H and O–H groups in total. The summed E-state index contributed by atoms with van der Waals surface area (Å²) in [5.74, 6) is 0.340. The van der Waals surface area contributed by atoms with Crippen molar-refractivity contribution in [2.24, 2.45) is 0 Å². The van der Waals surface area contributed by atoms with Gasteiger partial charge in [0, 0.05) is 35.6 Å². The van der Waals surface area contributed by atoms with Crippen molar-refractivity contribution in [3.8, 4) is 5.75 Å². The number of likely N-dealkylation sites (N-methyl/N-ethyl adjacent to an activating group) is 1. The highest BCUT2D eigenvalue weighted by Gasteiger charge is 2.35. The Bertz CT molecular complexity index is 878. The van der Waals surface area contributed by atoms with Crippen LogP contribution in [0.1, 0.15) is 33.8 Å². The number of amides is 1. The number of carbonyl (C=O) groups excluding carboxylic acids is 1. The minimum Gasteiger partial charge on any atom is -0.497 e. The number of carbonyl (C=O) groups is 1. The molecule has 0 bridgehead atoms. The third kappa shape index (κ3) is 5.47. The van der Waals surface area contributed by atoms with Crippen molar-refractivity contribution in [2.45, 2.75) is 24.6 Å². The molecule has 4 nitrogen and oxygen atoms in total. The predicted octanol–water partition coefficient (Wildman–Crippen LogP) is 5.12. The molecular weight excluding hydrogens is 485 g/mol. The molecule has 0 radical (unpaired) electrons. The molecule has 2 unspecified atom stereocenters. The second-order valence-corrected chi connectivity index (χ2v) is 8.00. The Morgan fingerprint density at radius 3 is 2.47 bits per heavy atom. The van der Waals surface area contributed by atoms with Crippen LogP contribution in [-0.2, 0) is 6.18 Å². The fourth-order valence-electron chi connectivity index (χ4n) is 3.73. The molecule has 3 rings (SSSR count). The average molecular weight is 508 g/mol. The van der Waals surface area contributed by atoms with Crippen LogP contribution in [0.2, 0.25) is 0 Å². The van der Waals surface area contributed by atoms with Crippen molar-refractivity contribution in [1.82, 2.24) is 10.2 Å². The van der Waals surface area contributed by atoms with Gasteiger partial charge < -0.3 is 15.0 Å². The van der Waals surface area contributed by atoms with Gasteiger partial charge in [-0.15, -0.1) is 12.4 Å². The van der Waals surface area contributed by atoms with Crippen molar-refractivity contribution < 1.29 is 22.7 Å². The lowest BCUT2D eigenvalue weighted by Gasteiger charge is -2.39. The Kier molecular flexibility index (Phi) is 8.19. The van der Waals surface area contributed by atoms with Crippen LogP contribution < -0.4 is 10.1 Å². The van der Waals surface area contributed by atoms with Crippen LogP contribution in [0.5, 0.6) is 5.75 Å². The Hall–Kier alpha value is -1.77. The van der Waals surface area contributed by atoms with Crippen LogP contribution in [0.15, 0.2) is 46.9 Å². The third-order valence-corrected chi connectivity index (χ3v) is 5.74. The first-order valence-corrected chi connectivity index (χ1v) is 9.99. The van der Waals surface area contributed by atoms with Crippen molar-refractivity contribution in [2.75, 3.05) is 27.2 Å². The summed E-state index contributed by atoms with van der Waals surface area (Å²) in [5.41, 5.74) is 0.217. The number of hydrogen-bond donors (Lipinski definition) is 1. The number of ether oxygens (including phenoxy) is 1. The zero-order valence-electron chi connectivity index (χ0n) is 16.5. The molecule has 1 aliphatic heterocycles. The summed E-state index contributed by atoms with van der Waals surface area (Å²) in [4.78, 5) is 14.6. The van der Waals surface area contributed by atoms with Crippen molar-refractivity contribution in [1.29, 1.82) is 0 Å².